The van der Waals surface area contributed by atoms with Gasteiger partial charge in [-0.25, -0.2) is 9.97 Å². The third-order valence-electron chi connectivity index (χ3n) is 4.05. The van der Waals surface area contributed by atoms with E-state index in [-0.39, 0.29) is 0 Å². The lowest BCUT2D eigenvalue weighted by Crippen LogP contribution is -2.14. The quantitative estimate of drug-likeness (QED) is 0.680. The Morgan fingerprint density at radius 1 is 1.00 bits per heavy atom. The Morgan fingerprint density at radius 3 is 2.38 bits per heavy atom. The van der Waals surface area contributed by atoms with E-state index in [1.54, 1.807) is 7.11 Å². The number of aromatic nitrogens is 2. The van der Waals surface area contributed by atoms with Crippen molar-refractivity contribution in [1.82, 2.24) is 9.97 Å². The van der Waals surface area contributed by atoms with Crippen molar-refractivity contribution < 1.29 is 9.84 Å². The molecule has 2 aromatic carbocycles. The zero-order valence-corrected chi connectivity index (χ0v) is 15.0. The molecule has 0 saturated carbocycles. The fraction of sp³-hybridized carbons (Fsp3) is 0.238. The van der Waals surface area contributed by atoms with E-state index in [0.29, 0.717) is 24.8 Å². The minimum atomic E-state index is -0.624. The predicted octanol–water partition coefficient (Wildman–Crippen LogP) is 3.74. The second-order valence-electron chi connectivity index (χ2n) is 6.13. The van der Waals surface area contributed by atoms with Gasteiger partial charge in [-0.1, -0.05) is 54.6 Å². The number of ether oxygens (including phenoxy) is 1. The van der Waals surface area contributed by atoms with Gasteiger partial charge in [0, 0.05) is 25.4 Å². The highest BCUT2D eigenvalue weighted by Gasteiger charge is 2.09. The molecule has 0 radical (unpaired) electrons. The summed E-state index contributed by atoms with van der Waals surface area (Å²) in [6.45, 7) is 2.64. The van der Waals surface area contributed by atoms with E-state index in [4.69, 9.17) is 4.74 Å². The summed E-state index contributed by atoms with van der Waals surface area (Å²) in [5.41, 5.74) is 4.01. The molecule has 0 fully saturated rings. The number of aliphatic hydroxyl groups excluding tert-OH is 1. The molecule has 1 heterocycles. The first-order valence-corrected chi connectivity index (χ1v) is 8.56. The maximum Gasteiger partial charge on any atom is 0.156 e. The molecule has 0 amide bonds. The minimum Gasteiger partial charge on any atom is -0.387 e. The van der Waals surface area contributed by atoms with Gasteiger partial charge >= 0.3 is 0 Å². The average molecular weight is 349 g/mol. The molecule has 0 bridgehead atoms. The summed E-state index contributed by atoms with van der Waals surface area (Å²) in [4.78, 5) is 8.69. The number of benzene rings is 2. The van der Waals surface area contributed by atoms with Gasteiger partial charge in [0.05, 0.1) is 6.10 Å². The van der Waals surface area contributed by atoms with Crippen LogP contribution in [0.5, 0.6) is 0 Å². The van der Waals surface area contributed by atoms with Crippen LogP contribution < -0.4 is 5.32 Å². The van der Waals surface area contributed by atoms with Crippen molar-refractivity contribution in [1.29, 1.82) is 0 Å². The molecular weight excluding hydrogens is 326 g/mol. The van der Waals surface area contributed by atoms with E-state index >= 15 is 0 Å². The second-order valence-corrected chi connectivity index (χ2v) is 6.13. The van der Waals surface area contributed by atoms with Crippen molar-refractivity contribution in [2.75, 3.05) is 19.0 Å². The standard InChI is InChI=1S/C21H23N3O2/c1-15-12-20(24-21(23-15)14-26-2)22-13-19(25)18-10-8-17(9-11-18)16-6-4-3-5-7-16/h3-12,19,25H,13-14H2,1-2H3,(H,22,23,24). The van der Waals surface area contributed by atoms with Gasteiger partial charge in [0.25, 0.3) is 0 Å². The van der Waals surface area contributed by atoms with E-state index in [1.807, 2.05) is 55.5 Å². The summed E-state index contributed by atoms with van der Waals surface area (Å²) in [7, 11) is 1.61. The van der Waals surface area contributed by atoms with Crippen molar-refractivity contribution in [3.05, 3.63) is 77.7 Å². The number of nitrogens with zero attached hydrogens (tertiary/aromatic N) is 2. The molecule has 134 valence electrons. The first-order chi connectivity index (χ1) is 12.7. The van der Waals surface area contributed by atoms with Gasteiger partial charge in [0.2, 0.25) is 0 Å². The van der Waals surface area contributed by atoms with Gasteiger partial charge in [0.1, 0.15) is 12.4 Å². The third kappa shape index (κ3) is 4.65. The van der Waals surface area contributed by atoms with Crippen molar-refractivity contribution in [3.63, 3.8) is 0 Å². The second kappa shape index (κ2) is 8.56. The number of anilines is 1. The Hall–Kier alpha value is -2.76. The summed E-state index contributed by atoms with van der Waals surface area (Å²) < 4.78 is 5.08. The van der Waals surface area contributed by atoms with Gasteiger partial charge in [-0.05, 0) is 23.6 Å². The molecule has 1 unspecified atom stereocenters. The Kier molecular flexibility index (Phi) is 5.94. The predicted molar refractivity (Wildman–Crippen MR) is 103 cm³/mol. The molecule has 0 saturated heterocycles. The lowest BCUT2D eigenvalue weighted by atomic mass is 10.0. The molecule has 0 aliphatic heterocycles. The molecular formula is C21H23N3O2. The molecule has 0 aliphatic carbocycles. The smallest absolute Gasteiger partial charge is 0.156 e. The van der Waals surface area contributed by atoms with Gasteiger partial charge < -0.3 is 15.2 Å². The van der Waals surface area contributed by atoms with E-state index in [1.165, 1.54) is 0 Å². The van der Waals surface area contributed by atoms with Crippen molar-refractivity contribution >= 4 is 5.82 Å². The van der Waals surface area contributed by atoms with Crippen molar-refractivity contribution in [2.45, 2.75) is 19.6 Å². The zero-order valence-electron chi connectivity index (χ0n) is 15.0. The molecule has 1 atom stereocenters. The van der Waals surface area contributed by atoms with Crippen LogP contribution in [0.25, 0.3) is 11.1 Å². The highest BCUT2D eigenvalue weighted by molar-refractivity contribution is 5.63. The Balaban J connectivity index is 1.64. The number of aliphatic hydroxyl groups is 1. The highest BCUT2D eigenvalue weighted by Crippen LogP contribution is 2.22. The first kappa shape index (κ1) is 18.0. The molecule has 0 spiro atoms. The van der Waals surface area contributed by atoms with Crippen molar-refractivity contribution in [2.24, 2.45) is 0 Å². The number of hydrogen-bond acceptors (Lipinski definition) is 5. The van der Waals surface area contributed by atoms with Crippen molar-refractivity contribution in [3.8, 4) is 11.1 Å². The number of nitrogens with one attached hydrogen (secondary N) is 1. The maximum absolute atomic E-state index is 10.5. The minimum absolute atomic E-state index is 0.361. The largest absolute Gasteiger partial charge is 0.387 e. The molecule has 5 nitrogen and oxygen atoms in total. The summed E-state index contributed by atoms with van der Waals surface area (Å²) in [6, 6.07) is 20.0. The van der Waals surface area contributed by atoms with Gasteiger partial charge in [-0.3, -0.25) is 0 Å². The van der Waals surface area contributed by atoms with Crippen LogP contribution in [-0.2, 0) is 11.3 Å². The Morgan fingerprint density at radius 2 is 1.69 bits per heavy atom. The zero-order chi connectivity index (χ0) is 18.4. The molecule has 2 N–H and O–H groups in total. The Labute approximate surface area is 153 Å². The van der Waals surface area contributed by atoms with Crippen LogP contribution in [0, 0.1) is 6.92 Å². The van der Waals surface area contributed by atoms with Gasteiger partial charge in [-0.15, -0.1) is 0 Å². The van der Waals surface area contributed by atoms with Gasteiger partial charge in [-0.2, -0.15) is 0 Å². The number of rotatable bonds is 7. The summed E-state index contributed by atoms with van der Waals surface area (Å²) in [5, 5.41) is 13.6. The highest BCUT2D eigenvalue weighted by atomic mass is 16.5. The van der Waals surface area contributed by atoms with Crippen LogP contribution in [0.15, 0.2) is 60.7 Å². The topological polar surface area (TPSA) is 67.3 Å². The van der Waals surface area contributed by atoms with Crippen LogP contribution in [0.4, 0.5) is 5.82 Å². The average Bonchev–Trinajstić information content (AvgIpc) is 2.67. The molecule has 3 rings (SSSR count). The fourth-order valence-corrected chi connectivity index (χ4v) is 2.76. The van der Waals surface area contributed by atoms with E-state index in [9.17, 15) is 5.11 Å². The first-order valence-electron chi connectivity index (χ1n) is 8.56. The summed E-state index contributed by atoms with van der Waals surface area (Å²) in [5.74, 6) is 1.31. The summed E-state index contributed by atoms with van der Waals surface area (Å²) >= 11 is 0. The normalized spacial score (nSPS) is 12.0. The van der Waals surface area contributed by atoms with E-state index in [0.717, 1.165) is 22.4 Å². The van der Waals surface area contributed by atoms with Crippen LogP contribution in [0.2, 0.25) is 0 Å². The van der Waals surface area contributed by atoms with Crippen LogP contribution in [-0.4, -0.2) is 28.7 Å². The van der Waals surface area contributed by atoms with Crippen LogP contribution >= 0.6 is 0 Å². The fourth-order valence-electron chi connectivity index (χ4n) is 2.76. The van der Waals surface area contributed by atoms with Gasteiger partial charge in [0.15, 0.2) is 5.82 Å². The number of methoxy groups -OCH3 is 1. The van der Waals surface area contributed by atoms with Crippen LogP contribution in [0.1, 0.15) is 23.2 Å². The molecule has 1 aromatic heterocycles. The number of hydrogen-bond donors (Lipinski definition) is 2. The molecule has 26 heavy (non-hydrogen) atoms. The lowest BCUT2D eigenvalue weighted by Gasteiger charge is -2.14. The lowest BCUT2D eigenvalue weighted by molar-refractivity contribution is 0.177. The molecule has 3 aromatic rings. The molecule has 0 aliphatic rings. The summed E-state index contributed by atoms with van der Waals surface area (Å²) in [6.07, 6.45) is -0.624. The monoisotopic (exact) mass is 349 g/mol. The third-order valence-corrected chi connectivity index (χ3v) is 4.05. The van der Waals surface area contributed by atoms with E-state index in [2.05, 4.69) is 27.4 Å². The Bertz CT molecular complexity index is 836. The van der Waals surface area contributed by atoms with Crippen LogP contribution in [0.3, 0.4) is 0 Å². The molecule has 5 heteroatoms. The SMILES string of the molecule is COCc1nc(C)cc(NCC(O)c2ccc(-c3ccccc3)cc2)n1. The van der Waals surface area contributed by atoms with E-state index < -0.39 is 6.10 Å². The maximum atomic E-state index is 10.5. The number of aryl methyl sites for hydroxylation is 1.